The molecule has 0 aliphatic rings. The van der Waals surface area contributed by atoms with E-state index in [1.54, 1.807) is 24.5 Å². The van der Waals surface area contributed by atoms with Gasteiger partial charge in [-0.2, -0.15) is 0 Å². The van der Waals surface area contributed by atoms with Crippen LogP contribution in [-0.2, 0) is 17.9 Å². The van der Waals surface area contributed by atoms with Gasteiger partial charge in [-0.25, -0.2) is 0 Å². The standard InChI is InChI=1S/C16H18N2O2/c1-2-20-12-14-7-5-13(6-8-14)10-18-16(19)15-4-3-9-17-11-15/h3-9,11H,2,10,12H2,1H3,(H,18,19). The van der Waals surface area contributed by atoms with Crippen LogP contribution in [0.3, 0.4) is 0 Å². The van der Waals surface area contributed by atoms with Crippen LogP contribution >= 0.6 is 0 Å². The van der Waals surface area contributed by atoms with E-state index in [1.165, 1.54) is 0 Å². The van der Waals surface area contributed by atoms with Crippen molar-refractivity contribution in [3.63, 3.8) is 0 Å². The predicted molar refractivity (Wildman–Crippen MR) is 77.2 cm³/mol. The summed E-state index contributed by atoms with van der Waals surface area (Å²) in [6.07, 6.45) is 3.20. The van der Waals surface area contributed by atoms with Crippen molar-refractivity contribution in [3.05, 3.63) is 65.5 Å². The van der Waals surface area contributed by atoms with Crippen molar-refractivity contribution in [2.45, 2.75) is 20.1 Å². The number of rotatable bonds is 6. The monoisotopic (exact) mass is 270 g/mol. The maximum Gasteiger partial charge on any atom is 0.253 e. The molecule has 0 saturated heterocycles. The molecule has 1 aromatic heterocycles. The molecule has 0 atom stereocenters. The molecule has 0 bridgehead atoms. The zero-order valence-corrected chi connectivity index (χ0v) is 11.5. The van der Waals surface area contributed by atoms with Gasteiger partial charge in [0.05, 0.1) is 12.2 Å². The van der Waals surface area contributed by atoms with Crippen LogP contribution in [0.15, 0.2) is 48.8 Å². The highest BCUT2D eigenvalue weighted by Gasteiger charge is 2.04. The second-order valence-electron chi connectivity index (χ2n) is 4.38. The number of amides is 1. The van der Waals surface area contributed by atoms with E-state index in [2.05, 4.69) is 10.3 Å². The van der Waals surface area contributed by atoms with E-state index < -0.39 is 0 Å². The predicted octanol–water partition coefficient (Wildman–Crippen LogP) is 2.55. The van der Waals surface area contributed by atoms with E-state index in [0.717, 1.165) is 11.1 Å². The van der Waals surface area contributed by atoms with Crippen LogP contribution in [0.2, 0.25) is 0 Å². The van der Waals surface area contributed by atoms with Crippen molar-refractivity contribution in [1.82, 2.24) is 10.3 Å². The fourth-order valence-electron chi connectivity index (χ4n) is 1.75. The van der Waals surface area contributed by atoms with Gasteiger partial charge < -0.3 is 10.1 Å². The molecule has 1 heterocycles. The number of pyridine rings is 1. The summed E-state index contributed by atoms with van der Waals surface area (Å²) in [5, 5.41) is 2.87. The molecule has 1 amide bonds. The summed E-state index contributed by atoms with van der Waals surface area (Å²) in [7, 11) is 0. The number of nitrogens with zero attached hydrogens (tertiary/aromatic N) is 1. The van der Waals surface area contributed by atoms with E-state index in [4.69, 9.17) is 4.74 Å². The van der Waals surface area contributed by atoms with E-state index in [-0.39, 0.29) is 5.91 Å². The first-order valence-electron chi connectivity index (χ1n) is 6.63. The molecule has 2 aromatic rings. The molecule has 104 valence electrons. The number of nitrogens with one attached hydrogen (secondary N) is 1. The number of hydrogen-bond donors (Lipinski definition) is 1. The molecule has 20 heavy (non-hydrogen) atoms. The summed E-state index contributed by atoms with van der Waals surface area (Å²) in [6, 6.07) is 11.5. The highest BCUT2D eigenvalue weighted by Crippen LogP contribution is 2.06. The van der Waals surface area contributed by atoms with Gasteiger partial charge in [-0.15, -0.1) is 0 Å². The van der Waals surface area contributed by atoms with Gasteiger partial charge in [-0.05, 0) is 30.2 Å². The van der Waals surface area contributed by atoms with Crippen molar-refractivity contribution < 1.29 is 9.53 Å². The Hall–Kier alpha value is -2.20. The Kier molecular flexibility index (Phi) is 5.26. The minimum Gasteiger partial charge on any atom is -0.377 e. The van der Waals surface area contributed by atoms with Gasteiger partial charge in [-0.1, -0.05) is 24.3 Å². The molecular formula is C16H18N2O2. The first-order valence-corrected chi connectivity index (χ1v) is 6.63. The van der Waals surface area contributed by atoms with Crippen LogP contribution in [0.5, 0.6) is 0 Å². The Morgan fingerprint density at radius 3 is 2.60 bits per heavy atom. The minimum atomic E-state index is -0.114. The van der Waals surface area contributed by atoms with Crippen molar-refractivity contribution in [2.75, 3.05) is 6.61 Å². The third-order valence-corrected chi connectivity index (χ3v) is 2.87. The number of benzene rings is 1. The molecule has 0 fully saturated rings. The van der Waals surface area contributed by atoms with Gasteiger partial charge in [0.15, 0.2) is 0 Å². The number of carbonyl (C=O) groups excluding carboxylic acids is 1. The molecule has 1 aromatic carbocycles. The van der Waals surface area contributed by atoms with Crippen LogP contribution in [-0.4, -0.2) is 17.5 Å². The molecule has 4 heteroatoms. The maximum atomic E-state index is 11.9. The molecule has 0 spiro atoms. The average Bonchev–Trinajstić information content (AvgIpc) is 2.52. The number of carbonyl (C=O) groups is 1. The fourth-order valence-corrected chi connectivity index (χ4v) is 1.75. The Morgan fingerprint density at radius 1 is 1.20 bits per heavy atom. The van der Waals surface area contributed by atoms with Crippen LogP contribution in [0.4, 0.5) is 0 Å². The molecule has 0 unspecified atom stereocenters. The first kappa shape index (κ1) is 14.2. The fraction of sp³-hybridized carbons (Fsp3) is 0.250. The minimum absolute atomic E-state index is 0.114. The Bertz CT molecular complexity index is 538. The first-order chi connectivity index (χ1) is 9.79. The van der Waals surface area contributed by atoms with Gasteiger partial charge in [-0.3, -0.25) is 9.78 Å². The molecule has 4 nitrogen and oxygen atoms in total. The molecule has 0 aliphatic carbocycles. The van der Waals surface area contributed by atoms with Gasteiger partial charge in [0.2, 0.25) is 0 Å². The third-order valence-electron chi connectivity index (χ3n) is 2.87. The molecule has 0 radical (unpaired) electrons. The number of hydrogen-bond acceptors (Lipinski definition) is 3. The van der Waals surface area contributed by atoms with Crippen molar-refractivity contribution >= 4 is 5.91 Å². The molecule has 0 aliphatic heterocycles. The Morgan fingerprint density at radius 2 is 1.95 bits per heavy atom. The normalized spacial score (nSPS) is 10.2. The lowest BCUT2D eigenvalue weighted by Gasteiger charge is -2.06. The van der Waals surface area contributed by atoms with Crippen LogP contribution in [0.1, 0.15) is 28.4 Å². The van der Waals surface area contributed by atoms with Gasteiger partial charge in [0, 0.05) is 25.5 Å². The van der Waals surface area contributed by atoms with E-state index >= 15 is 0 Å². The van der Waals surface area contributed by atoms with Crippen molar-refractivity contribution in [2.24, 2.45) is 0 Å². The summed E-state index contributed by atoms with van der Waals surface area (Å²) in [5.41, 5.74) is 2.76. The van der Waals surface area contributed by atoms with Crippen molar-refractivity contribution in [1.29, 1.82) is 0 Å². The highest BCUT2D eigenvalue weighted by molar-refractivity contribution is 5.93. The number of aromatic nitrogens is 1. The molecule has 0 saturated carbocycles. The van der Waals surface area contributed by atoms with E-state index in [9.17, 15) is 4.79 Å². The maximum absolute atomic E-state index is 11.9. The zero-order chi connectivity index (χ0) is 14.2. The SMILES string of the molecule is CCOCc1ccc(CNC(=O)c2cccnc2)cc1. The van der Waals surface area contributed by atoms with Crippen LogP contribution in [0.25, 0.3) is 0 Å². The summed E-state index contributed by atoms with van der Waals surface area (Å²) in [4.78, 5) is 15.8. The smallest absolute Gasteiger partial charge is 0.253 e. The lowest BCUT2D eigenvalue weighted by molar-refractivity contribution is 0.0950. The molecule has 1 N–H and O–H groups in total. The molecular weight excluding hydrogens is 252 g/mol. The van der Waals surface area contributed by atoms with Gasteiger partial charge in [0.25, 0.3) is 5.91 Å². The molecule has 2 rings (SSSR count). The zero-order valence-electron chi connectivity index (χ0n) is 11.5. The van der Waals surface area contributed by atoms with Crippen LogP contribution < -0.4 is 5.32 Å². The van der Waals surface area contributed by atoms with E-state index in [0.29, 0.717) is 25.3 Å². The van der Waals surface area contributed by atoms with Gasteiger partial charge in [0.1, 0.15) is 0 Å². The summed E-state index contributed by atoms with van der Waals surface area (Å²) < 4.78 is 5.34. The Labute approximate surface area is 118 Å². The number of ether oxygens (including phenoxy) is 1. The lowest BCUT2D eigenvalue weighted by atomic mass is 10.1. The topological polar surface area (TPSA) is 51.2 Å². The third kappa shape index (κ3) is 4.17. The van der Waals surface area contributed by atoms with Crippen molar-refractivity contribution in [3.8, 4) is 0 Å². The Balaban J connectivity index is 1.86. The average molecular weight is 270 g/mol. The van der Waals surface area contributed by atoms with Gasteiger partial charge >= 0.3 is 0 Å². The lowest BCUT2D eigenvalue weighted by Crippen LogP contribution is -2.22. The largest absolute Gasteiger partial charge is 0.377 e. The second kappa shape index (κ2) is 7.40. The highest BCUT2D eigenvalue weighted by atomic mass is 16.5. The summed E-state index contributed by atoms with van der Waals surface area (Å²) in [6.45, 7) is 3.81. The van der Waals surface area contributed by atoms with E-state index in [1.807, 2.05) is 31.2 Å². The second-order valence-corrected chi connectivity index (χ2v) is 4.38. The summed E-state index contributed by atoms with van der Waals surface area (Å²) in [5.74, 6) is -0.114. The van der Waals surface area contributed by atoms with Crippen LogP contribution in [0, 0.1) is 0 Å². The summed E-state index contributed by atoms with van der Waals surface area (Å²) >= 11 is 0. The quantitative estimate of drug-likeness (QED) is 0.877.